The lowest BCUT2D eigenvalue weighted by Gasteiger charge is -2.22. The number of carbonyl (C=O) groups is 3. The van der Waals surface area contributed by atoms with E-state index in [4.69, 9.17) is 40.5 Å². The molecule has 2 rings (SSSR count). The number of benzene rings is 1. The Balaban J connectivity index is 1.96. The molecule has 0 radical (unpaired) electrons. The van der Waals surface area contributed by atoms with Crippen molar-refractivity contribution < 1.29 is 19.5 Å². The summed E-state index contributed by atoms with van der Waals surface area (Å²) in [5.41, 5.74) is 0.595. The molecule has 6 nitrogen and oxygen atoms in total. The van der Waals surface area contributed by atoms with Gasteiger partial charge in [-0.15, -0.1) is 0 Å². The van der Waals surface area contributed by atoms with E-state index in [0.29, 0.717) is 50.6 Å². The number of nitrogens with zero attached hydrogens (tertiary/aromatic N) is 1. The van der Waals surface area contributed by atoms with Crippen LogP contribution in [0.1, 0.15) is 38.2 Å². The van der Waals surface area contributed by atoms with Crippen LogP contribution >= 0.6 is 47.2 Å². The van der Waals surface area contributed by atoms with Crippen LogP contribution < -0.4 is 5.32 Å². The number of aliphatic carboxylic acids is 1. The summed E-state index contributed by atoms with van der Waals surface area (Å²) in [4.78, 5) is 37.3. The number of rotatable bonds is 9. The largest absolute Gasteiger partial charge is 0.481 e. The number of halogens is 2. The Labute approximate surface area is 188 Å². The summed E-state index contributed by atoms with van der Waals surface area (Å²) >= 11 is 18.6. The quantitative estimate of drug-likeness (QED) is 0.314. The van der Waals surface area contributed by atoms with Crippen LogP contribution in [0.5, 0.6) is 0 Å². The van der Waals surface area contributed by atoms with Gasteiger partial charge in [-0.2, -0.15) is 0 Å². The molecule has 10 heteroatoms. The summed E-state index contributed by atoms with van der Waals surface area (Å²) in [5.74, 6) is -1.51. The summed E-state index contributed by atoms with van der Waals surface area (Å²) in [6.07, 6.45) is 3.65. The van der Waals surface area contributed by atoms with Crippen molar-refractivity contribution in [2.75, 3.05) is 6.54 Å². The van der Waals surface area contributed by atoms with Crippen LogP contribution in [0.4, 0.5) is 0 Å². The Kier molecular flexibility index (Phi) is 8.95. The SMILES string of the molecule is CC(C(=O)NCCCCCC(=O)O)N1C(=O)/C(=C/c2cccc(Cl)c2Cl)SC1=S. The Morgan fingerprint density at radius 3 is 2.72 bits per heavy atom. The number of carboxylic acids is 1. The number of unbranched alkanes of at least 4 members (excludes halogenated alkanes) is 2. The van der Waals surface area contributed by atoms with Crippen LogP contribution in [0.3, 0.4) is 0 Å². The van der Waals surface area contributed by atoms with Crippen molar-refractivity contribution in [3.63, 3.8) is 0 Å². The summed E-state index contributed by atoms with van der Waals surface area (Å²) in [6, 6.07) is 4.36. The van der Waals surface area contributed by atoms with Gasteiger partial charge < -0.3 is 10.4 Å². The van der Waals surface area contributed by atoms with Gasteiger partial charge >= 0.3 is 5.97 Å². The second-order valence-electron chi connectivity index (χ2n) is 6.37. The fourth-order valence-corrected chi connectivity index (χ4v) is 4.41. The van der Waals surface area contributed by atoms with Crippen LogP contribution in [-0.4, -0.2) is 44.7 Å². The van der Waals surface area contributed by atoms with E-state index in [0.717, 1.165) is 11.8 Å². The Morgan fingerprint density at radius 1 is 1.31 bits per heavy atom. The smallest absolute Gasteiger partial charge is 0.303 e. The highest BCUT2D eigenvalue weighted by atomic mass is 35.5. The first-order valence-electron chi connectivity index (χ1n) is 8.93. The molecule has 0 saturated carbocycles. The molecule has 2 amide bonds. The van der Waals surface area contributed by atoms with Crippen molar-refractivity contribution in [2.45, 2.75) is 38.6 Å². The molecule has 1 fully saturated rings. The third-order valence-corrected chi connectivity index (χ3v) is 6.39. The molecular formula is C19H20Cl2N2O4S2. The topological polar surface area (TPSA) is 86.7 Å². The molecule has 156 valence electrons. The van der Waals surface area contributed by atoms with Crippen molar-refractivity contribution in [2.24, 2.45) is 0 Å². The molecule has 0 aromatic heterocycles. The minimum atomic E-state index is -0.830. The summed E-state index contributed by atoms with van der Waals surface area (Å²) in [5, 5.41) is 12.1. The monoisotopic (exact) mass is 474 g/mol. The highest BCUT2D eigenvalue weighted by molar-refractivity contribution is 8.26. The molecule has 1 saturated heterocycles. The molecule has 1 aliphatic heterocycles. The molecule has 1 unspecified atom stereocenters. The van der Waals surface area contributed by atoms with E-state index < -0.39 is 12.0 Å². The van der Waals surface area contributed by atoms with E-state index in [-0.39, 0.29) is 18.2 Å². The van der Waals surface area contributed by atoms with Crippen LogP contribution in [0, 0.1) is 0 Å². The molecule has 1 aromatic rings. The van der Waals surface area contributed by atoms with Gasteiger partial charge in [-0.1, -0.05) is 65.7 Å². The maximum atomic E-state index is 12.8. The first-order valence-corrected chi connectivity index (χ1v) is 10.9. The molecule has 1 aliphatic rings. The number of thiocarbonyl (C=S) groups is 1. The van der Waals surface area contributed by atoms with Gasteiger partial charge in [0.05, 0.1) is 15.0 Å². The van der Waals surface area contributed by atoms with Gasteiger partial charge in [0.2, 0.25) is 5.91 Å². The van der Waals surface area contributed by atoms with E-state index in [1.807, 2.05) is 0 Å². The molecule has 0 bridgehead atoms. The van der Waals surface area contributed by atoms with Crippen molar-refractivity contribution in [1.29, 1.82) is 0 Å². The standard InChI is InChI=1S/C19H20Cl2N2O4S2/c1-11(17(26)22-9-4-2-3-8-15(24)25)23-18(27)14(29-19(23)28)10-12-6-5-7-13(20)16(12)21/h5-7,10-11H,2-4,8-9H2,1H3,(H,22,26)(H,24,25)/b14-10-. The maximum Gasteiger partial charge on any atom is 0.303 e. The maximum absolute atomic E-state index is 12.8. The minimum absolute atomic E-state index is 0.115. The molecule has 29 heavy (non-hydrogen) atoms. The van der Waals surface area contributed by atoms with E-state index in [2.05, 4.69) is 5.32 Å². The van der Waals surface area contributed by atoms with Gasteiger partial charge in [0, 0.05) is 13.0 Å². The molecule has 0 spiro atoms. The van der Waals surface area contributed by atoms with Gasteiger partial charge in [0.1, 0.15) is 10.4 Å². The molecule has 1 aromatic carbocycles. The highest BCUT2D eigenvalue weighted by Crippen LogP contribution is 2.36. The van der Waals surface area contributed by atoms with Gasteiger partial charge in [-0.3, -0.25) is 19.3 Å². The molecular weight excluding hydrogens is 455 g/mol. The lowest BCUT2D eigenvalue weighted by Crippen LogP contribution is -2.47. The van der Waals surface area contributed by atoms with E-state index in [1.165, 1.54) is 4.90 Å². The molecule has 1 atom stereocenters. The summed E-state index contributed by atoms with van der Waals surface area (Å²) in [7, 11) is 0. The summed E-state index contributed by atoms with van der Waals surface area (Å²) in [6.45, 7) is 2.02. The van der Waals surface area contributed by atoms with Gasteiger partial charge in [0.15, 0.2) is 0 Å². The number of hydrogen-bond donors (Lipinski definition) is 2. The zero-order valence-corrected chi connectivity index (χ0v) is 18.8. The second kappa shape index (κ2) is 11.0. The second-order valence-corrected chi connectivity index (χ2v) is 8.83. The van der Waals surface area contributed by atoms with Crippen LogP contribution in [-0.2, 0) is 14.4 Å². The fraction of sp³-hybridized carbons (Fsp3) is 0.368. The minimum Gasteiger partial charge on any atom is -0.481 e. The van der Waals surface area contributed by atoms with Crippen LogP contribution in [0.15, 0.2) is 23.1 Å². The molecule has 0 aliphatic carbocycles. The number of carbonyl (C=O) groups excluding carboxylic acids is 2. The van der Waals surface area contributed by atoms with Crippen LogP contribution in [0.25, 0.3) is 6.08 Å². The zero-order valence-electron chi connectivity index (χ0n) is 15.6. The third-order valence-electron chi connectivity index (χ3n) is 4.23. The predicted molar refractivity (Wildman–Crippen MR) is 120 cm³/mol. The molecule has 2 N–H and O–H groups in total. The average Bonchev–Trinajstić information content (AvgIpc) is 2.94. The first-order chi connectivity index (χ1) is 13.7. The normalized spacial score (nSPS) is 16.4. The fourth-order valence-electron chi connectivity index (χ4n) is 2.64. The number of thioether (sulfide) groups is 1. The van der Waals surface area contributed by atoms with Crippen molar-refractivity contribution in [3.8, 4) is 0 Å². The van der Waals surface area contributed by atoms with Gasteiger partial charge in [-0.25, -0.2) is 0 Å². The Morgan fingerprint density at radius 2 is 2.03 bits per heavy atom. The van der Waals surface area contributed by atoms with Gasteiger partial charge in [-0.05, 0) is 37.5 Å². The van der Waals surface area contributed by atoms with E-state index >= 15 is 0 Å². The lowest BCUT2D eigenvalue weighted by atomic mass is 10.2. The number of hydrogen-bond acceptors (Lipinski definition) is 5. The number of carboxylic acid groups (broad SMARTS) is 1. The lowest BCUT2D eigenvalue weighted by molar-refractivity contribution is -0.137. The number of amides is 2. The van der Waals surface area contributed by atoms with Crippen molar-refractivity contribution >= 4 is 75.4 Å². The van der Waals surface area contributed by atoms with E-state index in [9.17, 15) is 14.4 Å². The predicted octanol–water partition coefficient (Wildman–Crippen LogP) is 4.34. The van der Waals surface area contributed by atoms with Gasteiger partial charge in [0.25, 0.3) is 5.91 Å². The average molecular weight is 475 g/mol. The number of nitrogens with one attached hydrogen (secondary N) is 1. The summed E-state index contributed by atoms with van der Waals surface area (Å²) < 4.78 is 0.295. The van der Waals surface area contributed by atoms with Crippen LogP contribution in [0.2, 0.25) is 10.0 Å². The Bertz CT molecular complexity index is 861. The highest BCUT2D eigenvalue weighted by Gasteiger charge is 2.38. The third kappa shape index (κ3) is 6.44. The van der Waals surface area contributed by atoms with Crippen molar-refractivity contribution in [1.82, 2.24) is 10.2 Å². The molecule has 1 heterocycles. The van der Waals surface area contributed by atoms with E-state index in [1.54, 1.807) is 31.2 Å². The first kappa shape index (κ1) is 23.7. The zero-order chi connectivity index (χ0) is 21.6. The Hall–Kier alpha value is -1.61. The van der Waals surface area contributed by atoms with Crippen molar-refractivity contribution in [3.05, 3.63) is 38.7 Å².